The van der Waals surface area contributed by atoms with Gasteiger partial charge in [-0.1, -0.05) is 35.2 Å². The second kappa shape index (κ2) is 6.71. The summed E-state index contributed by atoms with van der Waals surface area (Å²) in [7, 11) is 0. The molecule has 114 valence electrons. The molecule has 0 spiro atoms. The van der Waals surface area contributed by atoms with Crippen LogP contribution in [0.15, 0.2) is 57.4 Å². The van der Waals surface area contributed by atoms with Crippen molar-refractivity contribution < 1.29 is 4.57 Å². The van der Waals surface area contributed by atoms with E-state index in [1.807, 2.05) is 11.8 Å². The minimum atomic E-state index is 0.997. The first-order chi connectivity index (χ1) is 10.7. The highest BCUT2D eigenvalue weighted by Gasteiger charge is 2.23. The monoisotopic (exact) mass is 329 g/mol. The maximum Gasteiger partial charge on any atom is 0.261 e. The fourth-order valence-electron chi connectivity index (χ4n) is 2.61. The molecule has 4 heteroatoms. The van der Waals surface area contributed by atoms with Crippen LogP contribution in [-0.4, -0.2) is 6.54 Å². The van der Waals surface area contributed by atoms with Crippen LogP contribution < -0.4 is 9.47 Å². The van der Waals surface area contributed by atoms with E-state index in [0.29, 0.717) is 0 Å². The Morgan fingerprint density at radius 3 is 2.86 bits per heavy atom. The van der Waals surface area contributed by atoms with Gasteiger partial charge in [-0.25, -0.2) is 0 Å². The molecule has 2 heterocycles. The van der Waals surface area contributed by atoms with Gasteiger partial charge in [-0.3, -0.25) is 0 Å². The molecule has 1 aliphatic heterocycles. The van der Waals surface area contributed by atoms with Gasteiger partial charge in [-0.05, 0) is 44.6 Å². The van der Waals surface area contributed by atoms with Crippen LogP contribution in [-0.2, 0) is 6.54 Å². The van der Waals surface area contributed by atoms with Crippen molar-refractivity contribution in [2.75, 3.05) is 11.4 Å². The number of rotatable bonds is 4. The number of aryl methyl sites for hydroxylation is 1. The van der Waals surface area contributed by atoms with Crippen molar-refractivity contribution in [3.8, 4) is 0 Å². The number of para-hydroxylation sites is 1. The van der Waals surface area contributed by atoms with Crippen LogP contribution in [0.25, 0.3) is 6.08 Å². The Hall–Kier alpha value is -1.52. The zero-order valence-electron chi connectivity index (χ0n) is 13.2. The predicted molar refractivity (Wildman–Crippen MR) is 97.2 cm³/mol. The number of aromatic nitrogens is 1. The Labute approximate surface area is 140 Å². The first-order valence-corrected chi connectivity index (χ1v) is 9.34. The minimum absolute atomic E-state index is 0.997. The number of nitrogens with zero attached hydrogens (tertiary/aromatic N) is 2. The fourth-order valence-corrected chi connectivity index (χ4v) is 4.77. The molecular formula is C18H21N2S2+. The molecule has 0 radical (unpaired) electrons. The molecule has 0 fully saturated rings. The lowest BCUT2D eigenvalue weighted by Crippen LogP contribution is -2.31. The summed E-state index contributed by atoms with van der Waals surface area (Å²) < 4.78 is 2.28. The summed E-state index contributed by atoms with van der Waals surface area (Å²) in [5.41, 5.74) is 2.62. The standard InChI is InChI=1S/C18H21N2S2/c1-4-19-10-11-21-17(19)12-14(3)13-18-20(5-2)15-8-6-7-9-16(15)22-18/h6-13H,4-5H2,1-3H3/q+1. The minimum Gasteiger partial charge on any atom is -0.335 e. The van der Waals surface area contributed by atoms with Gasteiger partial charge in [-0.2, -0.15) is 4.57 Å². The SMILES string of the molecule is CCN1/C(=C\C(C)=C\c2scc[n+]2CC)Sc2ccccc21. The van der Waals surface area contributed by atoms with Crippen molar-refractivity contribution >= 4 is 34.9 Å². The highest BCUT2D eigenvalue weighted by Crippen LogP contribution is 2.45. The van der Waals surface area contributed by atoms with E-state index in [0.717, 1.165) is 13.1 Å². The third kappa shape index (κ3) is 2.99. The Morgan fingerprint density at radius 1 is 1.27 bits per heavy atom. The molecule has 0 N–H and O–H groups in total. The van der Waals surface area contributed by atoms with Crippen molar-refractivity contribution in [2.24, 2.45) is 0 Å². The number of hydrogen-bond donors (Lipinski definition) is 0. The molecule has 22 heavy (non-hydrogen) atoms. The van der Waals surface area contributed by atoms with E-state index < -0.39 is 0 Å². The van der Waals surface area contributed by atoms with Gasteiger partial charge in [0.25, 0.3) is 5.01 Å². The van der Waals surface area contributed by atoms with Gasteiger partial charge in [0.15, 0.2) is 6.20 Å². The topological polar surface area (TPSA) is 7.12 Å². The third-order valence-electron chi connectivity index (χ3n) is 3.71. The fraction of sp³-hybridized carbons (Fsp3) is 0.278. The lowest BCUT2D eigenvalue weighted by atomic mass is 10.2. The molecule has 0 unspecified atom stereocenters. The van der Waals surface area contributed by atoms with Gasteiger partial charge >= 0.3 is 0 Å². The number of allylic oxidation sites excluding steroid dienone is 2. The number of thiazole rings is 1. The summed E-state index contributed by atoms with van der Waals surface area (Å²) in [5, 5.41) is 4.77. The molecule has 0 saturated heterocycles. The lowest BCUT2D eigenvalue weighted by molar-refractivity contribution is -0.690. The van der Waals surface area contributed by atoms with Crippen LogP contribution in [0, 0.1) is 0 Å². The Balaban J connectivity index is 1.89. The van der Waals surface area contributed by atoms with E-state index >= 15 is 0 Å². The number of hydrogen-bond acceptors (Lipinski definition) is 3. The molecule has 0 bridgehead atoms. The van der Waals surface area contributed by atoms with E-state index in [4.69, 9.17) is 0 Å². The molecule has 1 aromatic heterocycles. The molecule has 2 nitrogen and oxygen atoms in total. The average Bonchev–Trinajstić information content (AvgIpc) is 3.10. The van der Waals surface area contributed by atoms with Crippen LogP contribution in [0.3, 0.4) is 0 Å². The number of anilines is 1. The van der Waals surface area contributed by atoms with Crippen molar-refractivity contribution in [1.82, 2.24) is 0 Å². The Morgan fingerprint density at radius 2 is 2.09 bits per heavy atom. The summed E-state index contributed by atoms with van der Waals surface area (Å²) >= 11 is 3.65. The zero-order chi connectivity index (χ0) is 15.5. The maximum atomic E-state index is 2.39. The van der Waals surface area contributed by atoms with Crippen LogP contribution in [0.4, 0.5) is 5.69 Å². The summed E-state index contributed by atoms with van der Waals surface area (Å²) in [6, 6.07) is 8.63. The smallest absolute Gasteiger partial charge is 0.261 e. The number of fused-ring (bicyclic) bond motifs is 1. The molecule has 3 rings (SSSR count). The van der Waals surface area contributed by atoms with E-state index in [2.05, 4.69) is 78.2 Å². The van der Waals surface area contributed by atoms with Crippen LogP contribution in [0.2, 0.25) is 0 Å². The van der Waals surface area contributed by atoms with Gasteiger partial charge in [0.1, 0.15) is 6.54 Å². The van der Waals surface area contributed by atoms with Gasteiger partial charge in [-0.15, -0.1) is 0 Å². The first kappa shape index (κ1) is 15.4. The first-order valence-electron chi connectivity index (χ1n) is 7.64. The van der Waals surface area contributed by atoms with E-state index in [-0.39, 0.29) is 0 Å². The molecule has 1 aromatic carbocycles. The molecule has 0 saturated carbocycles. The van der Waals surface area contributed by atoms with Crippen LogP contribution in [0.1, 0.15) is 25.8 Å². The third-order valence-corrected chi connectivity index (χ3v) is 5.67. The maximum absolute atomic E-state index is 2.39. The van der Waals surface area contributed by atoms with Crippen molar-refractivity contribution in [3.05, 3.63) is 57.5 Å². The quantitative estimate of drug-likeness (QED) is 0.734. The molecule has 0 aliphatic carbocycles. The normalized spacial score (nSPS) is 16.4. The van der Waals surface area contributed by atoms with Gasteiger partial charge in [0, 0.05) is 17.5 Å². The van der Waals surface area contributed by atoms with Crippen molar-refractivity contribution in [3.63, 3.8) is 0 Å². The van der Waals surface area contributed by atoms with Crippen LogP contribution >= 0.6 is 23.1 Å². The predicted octanol–water partition coefficient (Wildman–Crippen LogP) is 4.93. The highest BCUT2D eigenvalue weighted by molar-refractivity contribution is 8.03. The molecule has 0 amide bonds. The highest BCUT2D eigenvalue weighted by atomic mass is 32.2. The van der Waals surface area contributed by atoms with E-state index in [9.17, 15) is 0 Å². The largest absolute Gasteiger partial charge is 0.335 e. The Kier molecular flexibility index (Phi) is 4.69. The molecule has 2 aromatic rings. The second-order valence-electron chi connectivity index (χ2n) is 5.21. The number of thioether (sulfide) groups is 1. The van der Waals surface area contributed by atoms with Gasteiger partial charge in [0.2, 0.25) is 0 Å². The summed E-state index contributed by atoms with van der Waals surface area (Å²) in [6.07, 6.45) is 6.72. The van der Waals surface area contributed by atoms with Crippen molar-refractivity contribution in [1.29, 1.82) is 0 Å². The van der Waals surface area contributed by atoms with E-state index in [1.165, 1.54) is 26.2 Å². The van der Waals surface area contributed by atoms with E-state index in [1.54, 1.807) is 11.3 Å². The molecule has 1 aliphatic rings. The number of benzene rings is 1. The lowest BCUT2D eigenvalue weighted by Gasteiger charge is -2.17. The Bertz CT molecular complexity index is 728. The van der Waals surface area contributed by atoms with Gasteiger partial charge in [0.05, 0.1) is 16.1 Å². The van der Waals surface area contributed by atoms with Crippen molar-refractivity contribution in [2.45, 2.75) is 32.2 Å². The average molecular weight is 330 g/mol. The summed E-state index contributed by atoms with van der Waals surface area (Å²) in [6.45, 7) is 8.58. The summed E-state index contributed by atoms with van der Waals surface area (Å²) in [5.74, 6) is 0. The second-order valence-corrected chi connectivity index (χ2v) is 7.20. The zero-order valence-corrected chi connectivity index (χ0v) is 14.9. The summed E-state index contributed by atoms with van der Waals surface area (Å²) in [4.78, 5) is 3.74. The van der Waals surface area contributed by atoms with Gasteiger partial charge < -0.3 is 4.90 Å². The van der Waals surface area contributed by atoms with Crippen LogP contribution in [0.5, 0.6) is 0 Å². The molecular weight excluding hydrogens is 308 g/mol. The molecule has 0 atom stereocenters.